The second kappa shape index (κ2) is 6.30. The van der Waals surface area contributed by atoms with Crippen molar-refractivity contribution >= 4 is 38.9 Å². The van der Waals surface area contributed by atoms with Gasteiger partial charge in [0.15, 0.2) is 27.0 Å². The molecule has 112 valence electrons. The zero-order valence-corrected chi connectivity index (χ0v) is 12.2. The molecular formula is C12H15Cl2NO4S. The van der Waals surface area contributed by atoms with Gasteiger partial charge in [0.2, 0.25) is 5.90 Å². The zero-order chi connectivity index (χ0) is 14.2. The van der Waals surface area contributed by atoms with Gasteiger partial charge >= 0.3 is 0 Å². The third-order valence-electron chi connectivity index (χ3n) is 2.60. The molecule has 0 amide bonds. The summed E-state index contributed by atoms with van der Waals surface area (Å²) in [6.45, 7) is 0. The van der Waals surface area contributed by atoms with Crippen LogP contribution >= 0.6 is 23.2 Å². The Morgan fingerprint density at radius 3 is 2.25 bits per heavy atom. The van der Waals surface area contributed by atoms with Crippen LogP contribution in [0.4, 0.5) is 0 Å². The summed E-state index contributed by atoms with van der Waals surface area (Å²) in [4.78, 5) is 3.03. The Morgan fingerprint density at radius 1 is 1.30 bits per heavy atom. The molecule has 0 saturated heterocycles. The molecule has 1 aromatic rings. The topological polar surface area (TPSA) is 76.0 Å². The van der Waals surface area contributed by atoms with Gasteiger partial charge in [-0.05, 0) is 17.7 Å². The van der Waals surface area contributed by atoms with Crippen LogP contribution in [0, 0.1) is 0 Å². The number of ether oxygens (including phenoxy) is 1. The molecule has 1 aliphatic heterocycles. The van der Waals surface area contributed by atoms with Gasteiger partial charge in [-0.15, -0.1) is 0 Å². The minimum absolute atomic E-state index is 0. The summed E-state index contributed by atoms with van der Waals surface area (Å²) in [6.07, 6.45) is -0.724. The molecule has 0 bridgehead atoms. The monoisotopic (exact) mass is 339 g/mol. The summed E-state index contributed by atoms with van der Waals surface area (Å²) >= 11 is 11.2. The number of hydrogen-bond acceptors (Lipinski definition) is 5. The summed E-state index contributed by atoms with van der Waals surface area (Å²) in [7, 11) is -3.26. The van der Waals surface area contributed by atoms with E-state index in [1.54, 1.807) is 12.1 Å². The Morgan fingerprint density at radius 2 is 1.85 bits per heavy atom. The molecule has 5 nitrogen and oxygen atoms in total. The van der Waals surface area contributed by atoms with Crippen molar-refractivity contribution in [3.8, 4) is 0 Å². The number of nitrogens with zero attached hydrogens (tertiary/aromatic N) is 1. The van der Waals surface area contributed by atoms with E-state index in [9.17, 15) is 13.5 Å². The molecule has 2 atom stereocenters. The third kappa shape index (κ3) is 3.63. The summed E-state index contributed by atoms with van der Waals surface area (Å²) in [5, 5.41) is 9.74. The number of hydrogen-bond donors (Lipinski definition) is 1. The van der Waals surface area contributed by atoms with Crippen LogP contribution in [-0.4, -0.2) is 36.7 Å². The molecular weight excluding hydrogens is 325 g/mol. The molecule has 1 aliphatic rings. The molecule has 0 aromatic heterocycles. The van der Waals surface area contributed by atoms with Crippen molar-refractivity contribution in [2.75, 3.05) is 6.26 Å². The van der Waals surface area contributed by atoms with E-state index in [1.165, 1.54) is 12.1 Å². The fraction of sp³-hybridized carbons (Fsp3) is 0.417. The smallest absolute Gasteiger partial charge is 0.221 e. The molecule has 0 spiro atoms. The highest BCUT2D eigenvalue weighted by atomic mass is 35.5. The number of aliphatic hydroxyl groups is 1. The second-order valence-corrected chi connectivity index (χ2v) is 7.17. The highest BCUT2D eigenvalue weighted by Gasteiger charge is 2.33. The second-order valence-electron chi connectivity index (χ2n) is 4.06. The highest BCUT2D eigenvalue weighted by Crippen LogP contribution is 2.30. The molecule has 0 radical (unpaired) electrons. The van der Waals surface area contributed by atoms with E-state index in [1.807, 2.05) is 0 Å². The van der Waals surface area contributed by atoms with E-state index in [0.717, 1.165) is 6.26 Å². The fourth-order valence-corrected chi connectivity index (χ4v) is 2.52. The van der Waals surface area contributed by atoms with Gasteiger partial charge in [0.25, 0.3) is 0 Å². The molecule has 1 aromatic carbocycles. The first kappa shape index (κ1) is 17.2. The molecule has 2 unspecified atom stereocenters. The lowest BCUT2D eigenvalue weighted by molar-refractivity contribution is 0.0636. The summed E-state index contributed by atoms with van der Waals surface area (Å²) in [6, 6.07) is 6.00. The summed E-state index contributed by atoms with van der Waals surface area (Å²) in [5.74, 6) is 0.0491. The molecule has 8 heteroatoms. The maximum Gasteiger partial charge on any atom is 0.221 e. The Balaban J connectivity index is 0.00000200. The first-order valence-electron chi connectivity index (χ1n) is 5.29. The quantitative estimate of drug-likeness (QED) is 0.857. The van der Waals surface area contributed by atoms with Gasteiger partial charge in [0.1, 0.15) is 0 Å². The lowest BCUT2D eigenvalue weighted by atomic mass is 10.1. The van der Waals surface area contributed by atoms with E-state index < -0.39 is 27.0 Å². The van der Waals surface area contributed by atoms with E-state index in [4.69, 9.17) is 27.9 Å². The minimum Gasteiger partial charge on any atom is -0.466 e. The van der Waals surface area contributed by atoms with Crippen LogP contribution in [0.1, 0.15) is 19.1 Å². The zero-order valence-electron chi connectivity index (χ0n) is 9.82. The average Bonchev–Trinajstić information content (AvgIpc) is 2.70. The van der Waals surface area contributed by atoms with Crippen LogP contribution in [-0.2, 0) is 14.6 Å². The van der Waals surface area contributed by atoms with Crippen molar-refractivity contribution in [3.05, 3.63) is 29.8 Å². The molecule has 2 rings (SSSR count). The number of rotatable bonds is 3. The number of sulfone groups is 1. The van der Waals surface area contributed by atoms with Gasteiger partial charge in [-0.1, -0.05) is 42.8 Å². The van der Waals surface area contributed by atoms with Crippen molar-refractivity contribution in [1.29, 1.82) is 0 Å². The predicted molar refractivity (Wildman–Crippen MR) is 79.0 cm³/mol. The third-order valence-corrected chi connectivity index (χ3v) is 4.10. The van der Waals surface area contributed by atoms with Gasteiger partial charge in [0, 0.05) is 6.26 Å². The first-order chi connectivity index (χ1) is 8.79. The van der Waals surface area contributed by atoms with Crippen LogP contribution in [0.2, 0.25) is 0 Å². The van der Waals surface area contributed by atoms with Crippen molar-refractivity contribution in [2.24, 2.45) is 4.99 Å². The molecule has 20 heavy (non-hydrogen) atoms. The number of halogens is 2. The summed E-state index contributed by atoms with van der Waals surface area (Å²) in [5.41, 5.74) is 0.590. The van der Waals surface area contributed by atoms with Gasteiger partial charge in [-0.2, -0.15) is 0 Å². The maximum atomic E-state index is 11.3. The van der Waals surface area contributed by atoms with Gasteiger partial charge < -0.3 is 9.84 Å². The Labute approximate surface area is 128 Å². The average molecular weight is 340 g/mol. The molecule has 0 fully saturated rings. The maximum absolute atomic E-state index is 11.3. The van der Waals surface area contributed by atoms with Crippen LogP contribution in [0.15, 0.2) is 34.2 Å². The van der Waals surface area contributed by atoms with Crippen molar-refractivity contribution in [3.63, 3.8) is 0 Å². The number of alkyl halides is 2. The van der Waals surface area contributed by atoms with Crippen LogP contribution in [0.25, 0.3) is 0 Å². The molecule has 1 heterocycles. The molecule has 1 N–H and O–H groups in total. The fourth-order valence-electron chi connectivity index (χ4n) is 1.67. The minimum atomic E-state index is -3.26. The molecule has 0 saturated carbocycles. The van der Waals surface area contributed by atoms with Crippen molar-refractivity contribution < 1.29 is 18.3 Å². The van der Waals surface area contributed by atoms with E-state index in [0.29, 0.717) is 5.56 Å². The van der Waals surface area contributed by atoms with Gasteiger partial charge in [-0.25, -0.2) is 13.4 Å². The summed E-state index contributed by atoms with van der Waals surface area (Å²) < 4.78 is 28.0. The number of aliphatic imine (C=N–C) groups is 1. The first-order valence-corrected chi connectivity index (χ1v) is 8.06. The van der Waals surface area contributed by atoms with Crippen LogP contribution in [0.3, 0.4) is 0 Å². The number of aliphatic hydroxyl groups excluding tert-OH is 1. The van der Waals surface area contributed by atoms with E-state index in [-0.39, 0.29) is 18.2 Å². The lowest BCUT2D eigenvalue weighted by Gasteiger charge is -2.14. The Bertz CT molecular complexity index is 598. The normalized spacial score (nSPS) is 22.1. The molecule has 0 aliphatic carbocycles. The van der Waals surface area contributed by atoms with Crippen molar-refractivity contribution in [1.82, 2.24) is 0 Å². The standard InChI is InChI=1S/C11H11Cl2NO4S.CH4/c1-19(16,17)7-4-2-6(3-5-7)8-10(15)14-11(18-8)9(12)13;/h2-5,8-10,15H,1H3;1H4. The Hall–Kier alpha value is -0.820. The van der Waals surface area contributed by atoms with Gasteiger partial charge in [-0.3, -0.25) is 0 Å². The van der Waals surface area contributed by atoms with Crippen LogP contribution < -0.4 is 0 Å². The van der Waals surface area contributed by atoms with E-state index >= 15 is 0 Å². The lowest BCUT2D eigenvalue weighted by Crippen LogP contribution is -2.14. The largest absolute Gasteiger partial charge is 0.466 e. The Kier molecular flexibility index (Phi) is 5.43. The van der Waals surface area contributed by atoms with Crippen molar-refractivity contribution in [2.45, 2.75) is 29.5 Å². The van der Waals surface area contributed by atoms with Gasteiger partial charge in [0.05, 0.1) is 4.90 Å². The SMILES string of the molecule is C.CS(=O)(=O)c1ccc(C2OC(C(Cl)Cl)=NC2O)cc1. The number of benzene rings is 1. The highest BCUT2D eigenvalue weighted by molar-refractivity contribution is 7.90. The van der Waals surface area contributed by atoms with Crippen LogP contribution in [0.5, 0.6) is 0 Å². The van der Waals surface area contributed by atoms with E-state index in [2.05, 4.69) is 4.99 Å². The predicted octanol–water partition coefficient (Wildman–Crippen LogP) is 2.32.